The van der Waals surface area contributed by atoms with E-state index in [0.717, 1.165) is 10.9 Å². The molecule has 1 aliphatic heterocycles. The van der Waals surface area contributed by atoms with E-state index >= 15 is 0 Å². The second-order valence-electron chi connectivity index (χ2n) is 5.46. The van der Waals surface area contributed by atoms with Crippen molar-refractivity contribution < 1.29 is 4.79 Å². The van der Waals surface area contributed by atoms with Crippen LogP contribution in [-0.2, 0) is 13.0 Å². The summed E-state index contributed by atoms with van der Waals surface area (Å²) < 4.78 is 3.37. The number of hydrogen-bond acceptors (Lipinski definition) is 3. The van der Waals surface area contributed by atoms with E-state index in [4.69, 9.17) is 0 Å². The first-order valence-corrected chi connectivity index (χ1v) is 8.77. The number of carbonyl (C=O) groups excluding carboxylic acids is 1. The van der Waals surface area contributed by atoms with Gasteiger partial charge in [-0.2, -0.15) is 5.10 Å². The van der Waals surface area contributed by atoms with Gasteiger partial charge in [0, 0.05) is 29.8 Å². The van der Waals surface area contributed by atoms with E-state index < -0.39 is 0 Å². The molecule has 3 aromatic rings. The van der Waals surface area contributed by atoms with Gasteiger partial charge in [0.25, 0.3) is 5.91 Å². The number of fused-ring (bicyclic) bond motifs is 2. The Hall–Kier alpha value is -1.73. The van der Waals surface area contributed by atoms with Crippen LogP contribution >= 0.6 is 31.9 Å². The molecule has 23 heavy (non-hydrogen) atoms. The fourth-order valence-corrected chi connectivity index (χ4v) is 3.69. The van der Waals surface area contributed by atoms with Crippen molar-refractivity contribution in [2.24, 2.45) is 0 Å². The molecule has 1 aromatic carbocycles. The number of nitrogens with zero attached hydrogens (tertiary/aromatic N) is 4. The maximum atomic E-state index is 12.9. The van der Waals surface area contributed by atoms with E-state index in [-0.39, 0.29) is 5.91 Å². The van der Waals surface area contributed by atoms with Crippen molar-refractivity contribution in [3.8, 4) is 0 Å². The summed E-state index contributed by atoms with van der Waals surface area (Å²) in [5.41, 5.74) is 3.58. The van der Waals surface area contributed by atoms with E-state index in [2.05, 4.69) is 54.1 Å². The maximum Gasteiger partial charge on any atom is 0.274 e. The molecule has 0 aliphatic carbocycles. The number of rotatable bonds is 1. The predicted molar refractivity (Wildman–Crippen MR) is 93.3 cm³/mol. The average Bonchev–Trinajstić information content (AvgIpc) is 3.00. The minimum absolute atomic E-state index is 0.0610. The maximum absolute atomic E-state index is 12.9. The Morgan fingerprint density at radius 2 is 2.04 bits per heavy atom. The lowest BCUT2D eigenvalue weighted by atomic mass is 10.00. The first-order chi connectivity index (χ1) is 11.1. The van der Waals surface area contributed by atoms with Crippen LogP contribution in [0.25, 0.3) is 5.65 Å². The van der Waals surface area contributed by atoms with E-state index in [9.17, 15) is 4.79 Å². The lowest BCUT2D eigenvalue weighted by Crippen LogP contribution is -2.36. The van der Waals surface area contributed by atoms with Gasteiger partial charge >= 0.3 is 0 Å². The highest BCUT2D eigenvalue weighted by molar-refractivity contribution is 9.10. The molecule has 5 nitrogen and oxygen atoms in total. The summed E-state index contributed by atoms with van der Waals surface area (Å²) in [6, 6.07) is 8.00. The second-order valence-corrected chi connectivity index (χ2v) is 7.23. The van der Waals surface area contributed by atoms with Crippen LogP contribution in [0, 0.1) is 0 Å². The van der Waals surface area contributed by atoms with Gasteiger partial charge in [-0.05, 0) is 45.6 Å². The molecule has 1 aliphatic rings. The summed E-state index contributed by atoms with van der Waals surface area (Å²) in [6.07, 6.45) is 4.29. The SMILES string of the molecule is O=C(c1nc2ccnn2cc1Br)N1CCc2cc(Br)ccc2C1. The molecule has 0 N–H and O–H groups in total. The van der Waals surface area contributed by atoms with Crippen LogP contribution in [0.1, 0.15) is 21.6 Å². The highest BCUT2D eigenvalue weighted by Gasteiger charge is 2.25. The Morgan fingerprint density at radius 1 is 1.17 bits per heavy atom. The van der Waals surface area contributed by atoms with Gasteiger partial charge in [0.15, 0.2) is 5.65 Å². The van der Waals surface area contributed by atoms with Crippen LogP contribution in [0.4, 0.5) is 0 Å². The van der Waals surface area contributed by atoms with Crippen LogP contribution in [-0.4, -0.2) is 31.9 Å². The minimum atomic E-state index is -0.0610. The summed E-state index contributed by atoms with van der Waals surface area (Å²) in [5.74, 6) is -0.0610. The largest absolute Gasteiger partial charge is 0.333 e. The first-order valence-electron chi connectivity index (χ1n) is 7.18. The fraction of sp³-hybridized carbons (Fsp3) is 0.188. The molecule has 0 saturated carbocycles. The molecule has 0 spiro atoms. The molecular formula is C16H12Br2N4O. The van der Waals surface area contributed by atoms with Gasteiger partial charge in [-0.3, -0.25) is 4.79 Å². The molecule has 0 radical (unpaired) electrons. The third kappa shape index (κ3) is 2.68. The zero-order chi connectivity index (χ0) is 16.0. The highest BCUT2D eigenvalue weighted by atomic mass is 79.9. The summed E-state index contributed by atoms with van der Waals surface area (Å²) in [6.45, 7) is 1.31. The molecule has 0 fully saturated rings. The van der Waals surface area contributed by atoms with Crippen LogP contribution in [0.2, 0.25) is 0 Å². The van der Waals surface area contributed by atoms with Crippen molar-refractivity contribution in [2.75, 3.05) is 6.54 Å². The van der Waals surface area contributed by atoms with Crippen LogP contribution in [0.15, 0.2) is 45.6 Å². The van der Waals surface area contributed by atoms with Crippen molar-refractivity contribution in [1.82, 2.24) is 19.5 Å². The smallest absolute Gasteiger partial charge is 0.274 e. The fourth-order valence-electron chi connectivity index (χ4n) is 2.83. The Bertz CT molecular complexity index is 922. The zero-order valence-corrected chi connectivity index (χ0v) is 15.2. The molecule has 1 amide bonds. The average molecular weight is 436 g/mol. The van der Waals surface area contributed by atoms with Crippen molar-refractivity contribution in [3.05, 3.63) is 62.4 Å². The molecule has 4 rings (SSSR count). The third-order valence-electron chi connectivity index (χ3n) is 4.01. The normalized spacial score (nSPS) is 14.1. The molecule has 3 heterocycles. The topological polar surface area (TPSA) is 50.5 Å². The van der Waals surface area contributed by atoms with Crippen LogP contribution < -0.4 is 0 Å². The first kappa shape index (κ1) is 14.8. The van der Waals surface area contributed by atoms with Crippen molar-refractivity contribution in [1.29, 1.82) is 0 Å². The Balaban J connectivity index is 1.66. The number of aromatic nitrogens is 3. The molecule has 0 bridgehead atoms. The quantitative estimate of drug-likeness (QED) is 0.588. The van der Waals surface area contributed by atoms with Gasteiger partial charge in [-0.25, -0.2) is 9.50 Å². The lowest BCUT2D eigenvalue weighted by Gasteiger charge is -2.29. The molecule has 116 valence electrons. The van der Waals surface area contributed by atoms with Gasteiger partial charge in [0.1, 0.15) is 5.69 Å². The van der Waals surface area contributed by atoms with E-state index in [0.29, 0.717) is 28.9 Å². The number of hydrogen-bond donors (Lipinski definition) is 0. The number of carbonyl (C=O) groups is 1. The van der Waals surface area contributed by atoms with Gasteiger partial charge in [-0.15, -0.1) is 0 Å². The van der Waals surface area contributed by atoms with E-state index in [1.165, 1.54) is 11.1 Å². The minimum Gasteiger partial charge on any atom is -0.333 e. The number of benzene rings is 1. The molecule has 0 atom stereocenters. The van der Waals surface area contributed by atoms with Gasteiger partial charge in [-0.1, -0.05) is 22.0 Å². The summed E-state index contributed by atoms with van der Waals surface area (Å²) in [7, 11) is 0. The van der Waals surface area contributed by atoms with Crippen molar-refractivity contribution >= 4 is 43.4 Å². The predicted octanol–water partition coefficient (Wildman–Crippen LogP) is 3.45. The highest BCUT2D eigenvalue weighted by Crippen LogP contribution is 2.25. The van der Waals surface area contributed by atoms with E-state index in [1.54, 1.807) is 23.0 Å². The van der Waals surface area contributed by atoms with Gasteiger partial charge in [0.2, 0.25) is 0 Å². The Morgan fingerprint density at radius 3 is 2.91 bits per heavy atom. The number of amides is 1. The summed E-state index contributed by atoms with van der Waals surface area (Å²) >= 11 is 6.93. The Labute approximate surface area is 149 Å². The van der Waals surface area contributed by atoms with E-state index in [1.807, 2.05) is 11.0 Å². The summed E-state index contributed by atoms with van der Waals surface area (Å²) in [4.78, 5) is 19.1. The molecule has 0 unspecified atom stereocenters. The standard InChI is InChI=1S/C16H12Br2N4O/c17-12-2-1-11-8-21(6-4-10(11)7-12)16(23)15-13(18)9-22-14(20-15)3-5-19-22/h1-3,5,7,9H,4,6,8H2. The lowest BCUT2D eigenvalue weighted by molar-refractivity contribution is 0.0728. The van der Waals surface area contributed by atoms with Gasteiger partial charge < -0.3 is 4.90 Å². The summed E-state index contributed by atoms with van der Waals surface area (Å²) in [5, 5.41) is 4.13. The monoisotopic (exact) mass is 434 g/mol. The van der Waals surface area contributed by atoms with Crippen molar-refractivity contribution in [3.63, 3.8) is 0 Å². The molecular weight excluding hydrogens is 424 g/mol. The van der Waals surface area contributed by atoms with Crippen molar-refractivity contribution in [2.45, 2.75) is 13.0 Å². The zero-order valence-electron chi connectivity index (χ0n) is 12.0. The second kappa shape index (κ2) is 5.72. The van der Waals surface area contributed by atoms with Crippen LogP contribution in [0.3, 0.4) is 0 Å². The molecule has 7 heteroatoms. The Kier molecular flexibility index (Phi) is 3.69. The van der Waals surface area contributed by atoms with Gasteiger partial charge in [0.05, 0.1) is 10.7 Å². The third-order valence-corrected chi connectivity index (χ3v) is 5.08. The number of halogens is 2. The molecule has 0 saturated heterocycles. The molecule has 2 aromatic heterocycles. The van der Waals surface area contributed by atoms with Crippen LogP contribution in [0.5, 0.6) is 0 Å².